The summed E-state index contributed by atoms with van der Waals surface area (Å²) in [6, 6.07) is 6.63. The first-order valence-corrected chi connectivity index (χ1v) is 16.2. The molecule has 0 bridgehead atoms. The van der Waals surface area contributed by atoms with Crippen LogP contribution in [0.15, 0.2) is 48.8 Å². The van der Waals surface area contributed by atoms with E-state index in [1.54, 1.807) is 47.0 Å². The van der Waals surface area contributed by atoms with E-state index in [0.29, 0.717) is 10.7 Å². The highest BCUT2D eigenvalue weighted by Crippen LogP contribution is 2.38. The van der Waals surface area contributed by atoms with Gasteiger partial charge in [0.25, 0.3) is 0 Å². The molecule has 2 aromatic heterocycles. The number of ketones is 2. The summed E-state index contributed by atoms with van der Waals surface area (Å²) in [7, 11) is 0. The van der Waals surface area contributed by atoms with Crippen LogP contribution in [-0.4, -0.2) is 35.9 Å². The topological polar surface area (TPSA) is 89.4 Å². The predicted octanol–water partition coefficient (Wildman–Crippen LogP) is 10.9. The second-order valence-corrected chi connectivity index (χ2v) is 14.8. The normalized spacial score (nSPS) is 11.7. The number of halogens is 9. The van der Waals surface area contributed by atoms with E-state index in [2.05, 4.69) is 40.9 Å². The van der Waals surface area contributed by atoms with Gasteiger partial charge in [0.2, 0.25) is 0 Å². The minimum absolute atomic E-state index is 0.111. The molecule has 272 valence electrons. The van der Waals surface area contributed by atoms with E-state index in [0.717, 1.165) is 29.8 Å². The maximum absolute atomic E-state index is 13.0. The fourth-order valence-corrected chi connectivity index (χ4v) is 4.38. The van der Waals surface area contributed by atoms with E-state index in [1.807, 2.05) is 6.92 Å². The summed E-state index contributed by atoms with van der Waals surface area (Å²) in [5.41, 5.74) is -1.94. The predicted molar refractivity (Wildman–Crippen MR) is 185 cm³/mol. The van der Waals surface area contributed by atoms with Gasteiger partial charge in [-0.05, 0) is 52.7 Å². The van der Waals surface area contributed by atoms with Crippen LogP contribution in [0.1, 0.15) is 61.1 Å². The Morgan fingerprint density at radius 1 is 0.824 bits per heavy atom. The van der Waals surface area contributed by atoms with E-state index < -0.39 is 44.7 Å². The zero-order valence-electron chi connectivity index (χ0n) is 28.0. The molecule has 4 rings (SSSR count). The van der Waals surface area contributed by atoms with Crippen molar-refractivity contribution in [1.82, 2.24) is 20.0 Å². The van der Waals surface area contributed by atoms with Crippen molar-refractivity contribution in [2.24, 2.45) is 0 Å². The van der Waals surface area contributed by atoms with Crippen LogP contribution in [0, 0.1) is 27.0 Å². The van der Waals surface area contributed by atoms with Crippen LogP contribution in [0.4, 0.5) is 37.7 Å². The summed E-state index contributed by atoms with van der Waals surface area (Å²) in [6.45, 7) is 23.7. The molecule has 0 aliphatic rings. The number of benzene rings is 2. The monoisotopic (exact) mass is 818 g/mol. The van der Waals surface area contributed by atoms with Crippen LogP contribution >= 0.6 is 39.1 Å². The minimum atomic E-state index is -4.65. The number of nitrogens with zero attached hydrogens (tertiary/aromatic N) is 5. The lowest BCUT2D eigenvalue weighted by Crippen LogP contribution is -2.37. The number of aryl methyl sites for hydroxylation is 2. The van der Waals surface area contributed by atoms with E-state index in [1.165, 1.54) is 16.8 Å². The van der Waals surface area contributed by atoms with Crippen molar-refractivity contribution in [3.63, 3.8) is 0 Å². The number of carbonyl (C=O) groups is 2. The van der Waals surface area contributed by atoms with Crippen molar-refractivity contribution in [2.45, 2.75) is 76.6 Å². The molecule has 4 aromatic rings. The highest BCUT2D eigenvalue weighted by Gasteiger charge is 2.36. The number of hydrogen-bond donors (Lipinski definition) is 1. The Labute approximate surface area is 308 Å². The van der Waals surface area contributed by atoms with Gasteiger partial charge in [-0.1, -0.05) is 75.5 Å². The lowest BCUT2D eigenvalue weighted by molar-refractivity contribution is -0.137. The maximum Gasteiger partial charge on any atom is 0.407 e. The molecule has 0 radical (unpaired) electrons. The smallest absolute Gasteiger partial charge is 0.298 e. The minimum Gasteiger partial charge on any atom is -0.298 e. The third kappa shape index (κ3) is 11.9. The van der Waals surface area contributed by atoms with Crippen molar-refractivity contribution in [1.29, 1.82) is 0 Å². The molecule has 1 N–H and O–H groups in total. The Balaban J connectivity index is 0.000000304. The lowest BCUT2D eigenvalue weighted by Gasteiger charge is -2.24. The first kappa shape index (κ1) is 43.0. The van der Waals surface area contributed by atoms with Crippen LogP contribution in [0.5, 0.6) is 0 Å². The van der Waals surface area contributed by atoms with E-state index in [9.17, 15) is 35.9 Å². The van der Waals surface area contributed by atoms with Crippen LogP contribution in [-0.2, 0) is 40.3 Å². The standard InChI is InChI=1S/C17H15ClF3N3O.C13H11BrF3NO.C4H5ClN2/c1-10-9-24(23-15(10)18)16(2,3)14(25)8-11-5-6-13(22-4)12(7-11)17(19,20)21;1-12(2,14)11(19)7-8-4-5-10(18-3)9(6-8)13(15,16)17;1-3-2-6-7-4(3)5/h5-7,9H,8H2,1-3H3;4-6H,7H2,1-2H3;2H,1H3,(H,6,7). The molecule has 0 fully saturated rings. The van der Waals surface area contributed by atoms with Gasteiger partial charge in [-0.25, -0.2) is 9.69 Å². The number of alkyl halides is 7. The second kappa shape index (κ2) is 16.9. The number of H-pyrrole nitrogens is 1. The van der Waals surface area contributed by atoms with Crippen LogP contribution in [0.25, 0.3) is 9.69 Å². The SMILES string of the molecule is Cc1cn[nH]c1Cl.[C-]#[N+]c1ccc(CC(=O)C(C)(C)Br)cc1C(F)(F)F.[C-]#[N+]c1ccc(CC(=O)C(C)(C)n2cc(C)c(Cl)n2)cc1C(F)(F)F. The number of hydrogen-bond acceptors (Lipinski definition) is 4. The summed E-state index contributed by atoms with van der Waals surface area (Å²) in [6.07, 6.45) is -6.28. The molecule has 0 spiro atoms. The number of Topliss-reactive ketones (excluding diaryl/α,β-unsaturated/α-hetero) is 2. The number of nitrogens with one attached hydrogen (secondary N) is 1. The second-order valence-electron chi connectivity index (χ2n) is 12.1. The number of aromatic nitrogens is 4. The molecule has 0 unspecified atom stereocenters. The summed E-state index contributed by atoms with van der Waals surface area (Å²) >= 11 is 14.6. The average molecular weight is 820 g/mol. The number of carbonyl (C=O) groups excluding carboxylic acids is 2. The molecule has 51 heavy (non-hydrogen) atoms. The summed E-state index contributed by atoms with van der Waals surface area (Å²) in [5.74, 6) is -0.549. The van der Waals surface area contributed by atoms with E-state index in [-0.39, 0.29) is 40.7 Å². The summed E-state index contributed by atoms with van der Waals surface area (Å²) in [4.78, 5) is 30.1. The molecule has 0 saturated carbocycles. The molecule has 0 atom stereocenters. The Kier molecular flexibility index (Phi) is 14.2. The zero-order chi connectivity index (χ0) is 39.1. The van der Waals surface area contributed by atoms with Gasteiger partial charge >= 0.3 is 12.4 Å². The Morgan fingerprint density at radius 3 is 1.57 bits per heavy atom. The molecule has 2 heterocycles. The van der Waals surface area contributed by atoms with Crippen molar-refractivity contribution < 1.29 is 35.9 Å². The van der Waals surface area contributed by atoms with Crippen molar-refractivity contribution in [3.8, 4) is 0 Å². The van der Waals surface area contributed by atoms with E-state index in [4.69, 9.17) is 36.3 Å². The van der Waals surface area contributed by atoms with Crippen molar-refractivity contribution in [3.05, 3.63) is 115 Å². The van der Waals surface area contributed by atoms with Crippen LogP contribution in [0.2, 0.25) is 10.3 Å². The molecule has 0 aliphatic carbocycles. The van der Waals surface area contributed by atoms with Gasteiger partial charge in [-0.2, -0.15) is 36.5 Å². The molecule has 0 amide bonds. The number of aromatic amines is 1. The Morgan fingerprint density at radius 2 is 1.27 bits per heavy atom. The summed E-state index contributed by atoms with van der Waals surface area (Å²) in [5, 5.41) is 11.2. The summed E-state index contributed by atoms with van der Waals surface area (Å²) < 4.78 is 78.0. The van der Waals surface area contributed by atoms with Gasteiger partial charge < -0.3 is 0 Å². The third-order valence-corrected chi connectivity index (χ3v) is 8.42. The molecule has 2 aromatic carbocycles. The highest BCUT2D eigenvalue weighted by molar-refractivity contribution is 9.10. The van der Waals surface area contributed by atoms with E-state index >= 15 is 0 Å². The first-order chi connectivity index (χ1) is 23.3. The molecule has 0 aliphatic heterocycles. The quantitative estimate of drug-likeness (QED) is 0.114. The van der Waals surface area contributed by atoms with Crippen LogP contribution < -0.4 is 0 Å². The van der Waals surface area contributed by atoms with Gasteiger partial charge in [0.05, 0.1) is 34.8 Å². The van der Waals surface area contributed by atoms with Crippen molar-refractivity contribution >= 4 is 62.1 Å². The molecule has 8 nitrogen and oxygen atoms in total. The first-order valence-electron chi connectivity index (χ1n) is 14.6. The Hall–Kier alpha value is -4.18. The van der Waals surface area contributed by atoms with Crippen molar-refractivity contribution in [2.75, 3.05) is 0 Å². The van der Waals surface area contributed by atoms with Gasteiger partial charge in [0.1, 0.15) is 10.7 Å². The third-order valence-electron chi connectivity index (χ3n) is 7.23. The van der Waals surface area contributed by atoms with Gasteiger partial charge in [0, 0.05) is 30.2 Å². The van der Waals surface area contributed by atoms with Gasteiger partial charge in [0.15, 0.2) is 28.1 Å². The molecular formula is C34H31BrCl2F6N6O2. The fourth-order valence-electron chi connectivity index (χ4n) is 4.02. The number of rotatable bonds is 7. The highest BCUT2D eigenvalue weighted by atomic mass is 79.9. The van der Waals surface area contributed by atoms with Gasteiger partial charge in [-0.15, -0.1) is 0 Å². The van der Waals surface area contributed by atoms with Crippen LogP contribution in [0.3, 0.4) is 0 Å². The molecular weight excluding hydrogens is 789 g/mol. The van der Waals surface area contributed by atoms with Gasteiger partial charge in [-0.3, -0.25) is 19.4 Å². The molecule has 17 heteroatoms. The lowest BCUT2D eigenvalue weighted by atomic mass is 9.93. The fraction of sp³-hybridized carbons (Fsp3) is 0.353. The maximum atomic E-state index is 13.0. The Bertz CT molecular complexity index is 1930. The molecule has 0 saturated heterocycles. The largest absolute Gasteiger partial charge is 0.407 e. The zero-order valence-corrected chi connectivity index (χ0v) is 31.1. The average Bonchev–Trinajstić information content (AvgIpc) is 3.58.